The number of fused-ring (bicyclic) bond motifs is 1. The van der Waals surface area contributed by atoms with Crippen LogP contribution in [0.1, 0.15) is 58.3 Å². The van der Waals surface area contributed by atoms with Gasteiger partial charge in [-0.2, -0.15) is 0 Å². The normalized spacial score (nSPS) is 34.0. The number of dihydropyridines is 1. The standard InChI is InChI=1S/C21H32N2O2/c1-15(21(24)25)23(2)19-13-8-16(9-14-19)7-11-18-12-10-17-5-3-4-6-20(17)22-18/h7,10-12,15-17,19-20H,3-6,8-9,13-14H2,1-2H3,(H,24,25)/b11-7+. The van der Waals surface area contributed by atoms with Gasteiger partial charge >= 0.3 is 5.97 Å². The average Bonchev–Trinajstić information content (AvgIpc) is 2.65. The van der Waals surface area contributed by atoms with Gasteiger partial charge in [0.1, 0.15) is 6.04 Å². The van der Waals surface area contributed by atoms with Gasteiger partial charge in [0.05, 0.1) is 11.8 Å². The van der Waals surface area contributed by atoms with Crippen molar-refractivity contribution in [3.05, 3.63) is 24.3 Å². The van der Waals surface area contributed by atoms with Crippen LogP contribution in [0.4, 0.5) is 0 Å². The Kier molecular flexibility index (Phi) is 6.10. The smallest absolute Gasteiger partial charge is 0.320 e. The zero-order chi connectivity index (χ0) is 17.8. The summed E-state index contributed by atoms with van der Waals surface area (Å²) in [5.74, 6) is 0.547. The molecule has 1 aliphatic heterocycles. The van der Waals surface area contributed by atoms with Gasteiger partial charge < -0.3 is 5.11 Å². The zero-order valence-electron chi connectivity index (χ0n) is 15.6. The highest BCUT2D eigenvalue weighted by molar-refractivity contribution is 6.04. The quantitative estimate of drug-likeness (QED) is 0.818. The number of carbonyl (C=O) groups is 1. The number of likely N-dealkylation sites (N-methyl/N-ethyl adjacent to an activating group) is 1. The minimum Gasteiger partial charge on any atom is -0.480 e. The van der Waals surface area contributed by atoms with Crippen molar-refractivity contribution in [2.24, 2.45) is 16.8 Å². The molecule has 3 rings (SSSR count). The summed E-state index contributed by atoms with van der Waals surface area (Å²) >= 11 is 0. The van der Waals surface area contributed by atoms with Crippen molar-refractivity contribution >= 4 is 11.7 Å². The minimum atomic E-state index is -0.729. The number of nitrogens with zero attached hydrogens (tertiary/aromatic N) is 2. The lowest BCUT2D eigenvalue weighted by Crippen LogP contribution is -2.44. The molecule has 0 aromatic heterocycles. The Morgan fingerprint density at radius 3 is 2.68 bits per heavy atom. The number of carboxylic acid groups (broad SMARTS) is 1. The fraction of sp³-hybridized carbons (Fsp3) is 0.714. The predicted octanol–water partition coefficient (Wildman–Crippen LogP) is 4.08. The van der Waals surface area contributed by atoms with Gasteiger partial charge in [-0.25, -0.2) is 0 Å². The van der Waals surface area contributed by atoms with E-state index in [1.807, 2.05) is 11.9 Å². The Bertz CT molecular complexity index is 558. The molecule has 138 valence electrons. The fourth-order valence-electron chi connectivity index (χ4n) is 4.51. The molecule has 2 saturated carbocycles. The lowest BCUT2D eigenvalue weighted by Gasteiger charge is -2.35. The third kappa shape index (κ3) is 4.60. The molecule has 25 heavy (non-hydrogen) atoms. The molecule has 1 heterocycles. The molecule has 0 aromatic rings. The van der Waals surface area contributed by atoms with Crippen molar-refractivity contribution in [1.29, 1.82) is 0 Å². The van der Waals surface area contributed by atoms with E-state index in [1.54, 1.807) is 6.92 Å². The molecule has 2 fully saturated rings. The molecule has 0 aromatic carbocycles. The Labute approximate surface area is 151 Å². The van der Waals surface area contributed by atoms with E-state index in [-0.39, 0.29) is 0 Å². The van der Waals surface area contributed by atoms with Crippen LogP contribution in [-0.4, -0.2) is 46.9 Å². The van der Waals surface area contributed by atoms with Crippen molar-refractivity contribution in [3.8, 4) is 0 Å². The highest BCUT2D eigenvalue weighted by atomic mass is 16.4. The predicted molar refractivity (Wildman–Crippen MR) is 102 cm³/mol. The maximum Gasteiger partial charge on any atom is 0.320 e. The largest absolute Gasteiger partial charge is 0.480 e. The first-order chi connectivity index (χ1) is 12.0. The average molecular weight is 344 g/mol. The van der Waals surface area contributed by atoms with E-state index in [0.29, 0.717) is 23.9 Å². The number of hydrogen-bond donors (Lipinski definition) is 1. The van der Waals surface area contributed by atoms with Gasteiger partial charge in [0.25, 0.3) is 0 Å². The number of aliphatic imine (C=N–C) groups is 1. The topological polar surface area (TPSA) is 52.9 Å². The molecule has 0 bridgehead atoms. The molecule has 3 aliphatic rings. The van der Waals surface area contributed by atoms with Crippen LogP contribution < -0.4 is 0 Å². The van der Waals surface area contributed by atoms with Gasteiger partial charge in [0.2, 0.25) is 0 Å². The first-order valence-corrected chi connectivity index (χ1v) is 9.93. The molecule has 0 saturated heterocycles. The fourth-order valence-corrected chi connectivity index (χ4v) is 4.51. The number of hydrogen-bond acceptors (Lipinski definition) is 3. The summed E-state index contributed by atoms with van der Waals surface area (Å²) in [5.41, 5.74) is 1.14. The molecule has 3 atom stereocenters. The zero-order valence-corrected chi connectivity index (χ0v) is 15.6. The van der Waals surface area contributed by atoms with Crippen LogP contribution in [0.5, 0.6) is 0 Å². The number of allylic oxidation sites excluding steroid dienone is 3. The second kappa shape index (κ2) is 8.31. The monoisotopic (exact) mass is 344 g/mol. The number of rotatable bonds is 5. The van der Waals surface area contributed by atoms with Crippen molar-refractivity contribution in [2.75, 3.05) is 7.05 Å². The van der Waals surface area contributed by atoms with Crippen LogP contribution in [0.3, 0.4) is 0 Å². The van der Waals surface area contributed by atoms with Crippen molar-refractivity contribution in [1.82, 2.24) is 4.90 Å². The molecular weight excluding hydrogens is 312 g/mol. The molecule has 0 amide bonds. The summed E-state index contributed by atoms with van der Waals surface area (Å²) in [6.45, 7) is 1.78. The van der Waals surface area contributed by atoms with Crippen LogP contribution in [0.15, 0.2) is 29.3 Å². The molecule has 4 nitrogen and oxygen atoms in total. The third-order valence-corrected chi connectivity index (χ3v) is 6.44. The summed E-state index contributed by atoms with van der Waals surface area (Å²) in [5, 5.41) is 9.17. The molecule has 0 spiro atoms. The van der Waals surface area contributed by atoms with E-state index in [9.17, 15) is 9.90 Å². The van der Waals surface area contributed by atoms with E-state index in [4.69, 9.17) is 4.99 Å². The number of carboxylic acids is 1. The Hall–Kier alpha value is -1.42. The summed E-state index contributed by atoms with van der Waals surface area (Å²) < 4.78 is 0. The molecule has 1 N–H and O–H groups in total. The highest BCUT2D eigenvalue weighted by Gasteiger charge is 2.28. The van der Waals surface area contributed by atoms with Crippen LogP contribution in [-0.2, 0) is 4.79 Å². The van der Waals surface area contributed by atoms with Gasteiger partial charge in [-0.1, -0.05) is 25.0 Å². The number of aliphatic carboxylic acids is 1. The van der Waals surface area contributed by atoms with Gasteiger partial charge in [-0.15, -0.1) is 0 Å². The van der Waals surface area contributed by atoms with Gasteiger partial charge in [-0.05, 0) is 76.5 Å². The van der Waals surface area contributed by atoms with Crippen LogP contribution in [0.25, 0.3) is 0 Å². The Morgan fingerprint density at radius 2 is 1.96 bits per heavy atom. The van der Waals surface area contributed by atoms with E-state index in [1.165, 1.54) is 25.7 Å². The third-order valence-electron chi connectivity index (χ3n) is 6.44. The molecule has 2 aliphatic carbocycles. The highest BCUT2D eigenvalue weighted by Crippen LogP contribution is 2.31. The lowest BCUT2D eigenvalue weighted by molar-refractivity contribution is -0.143. The van der Waals surface area contributed by atoms with Crippen molar-refractivity contribution in [3.63, 3.8) is 0 Å². The van der Waals surface area contributed by atoms with Gasteiger partial charge in [0.15, 0.2) is 0 Å². The molecule has 0 radical (unpaired) electrons. The van der Waals surface area contributed by atoms with E-state index < -0.39 is 12.0 Å². The minimum absolute atomic E-state index is 0.394. The van der Waals surface area contributed by atoms with E-state index >= 15 is 0 Å². The first kappa shape index (κ1) is 18.4. The Balaban J connectivity index is 1.49. The molecule has 4 heteroatoms. The van der Waals surface area contributed by atoms with Crippen LogP contribution in [0.2, 0.25) is 0 Å². The lowest BCUT2D eigenvalue weighted by atomic mass is 9.82. The maximum absolute atomic E-state index is 11.2. The Morgan fingerprint density at radius 1 is 1.24 bits per heavy atom. The second-order valence-electron chi connectivity index (χ2n) is 8.04. The molecular formula is C21H32N2O2. The van der Waals surface area contributed by atoms with Crippen LogP contribution in [0, 0.1) is 11.8 Å². The van der Waals surface area contributed by atoms with E-state index in [0.717, 1.165) is 31.4 Å². The summed E-state index contributed by atoms with van der Waals surface area (Å²) in [4.78, 5) is 18.1. The van der Waals surface area contributed by atoms with Gasteiger partial charge in [0, 0.05) is 6.04 Å². The maximum atomic E-state index is 11.2. The summed E-state index contributed by atoms with van der Waals surface area (Å²) in [6.07, 6.45) is 18.8. The second-order valence-corrected chi connectivity index (χ2v) is 8.04. The first-order valence-electron chi connectivity index (χ1n) is 9.93. The summed E-state index contributed by atoms with van der Waals surface area (Å²) in [6, 6.07) is 0.508. The van der Waals surface area contributed by atoms with E-state index in [2.05, 4.69) is 24.3 Å². The van der Waals surface area contributed by atoms with Crippen molar-refractivity contribution in [2.45, 2.75) is 76.4 Å². The van der Waals surface area contributed by atoms with Crippen LogP contribution >= 0.6 is 0 Å². The molecule has 3 unspecified atom stereocenters. The van der Waals surface area contributed by atoms with Gasteiger partial charge in [-0.3, -0.25) is 14.7 Å². The van der Waals surface area contributed by atoms with Crippen molar-refractivity contribution < 1.29 is 9.90 Å². The summed E-state index contributed by atoms with van der Waals surface area (Å²) in [7, 11) is 1.95. The SMILES string of the molecule is CC(C(=O)O)N(C)C1CCC(/C=C/C2=NC3CCCCC3C=C2)CC1.